The molecule has 2 aromatic rings. The van der Waals surface area contributed by atoms with E-state index in [4.69, 9.17) is 5.73 Å². The van der Waals surface area contributed by atoms with Crippen LogP contribution in [-0.2, 0) is 6.54 Å². The number of anilines is 2. The van der Waals surface area contributed by atoms with Gasteiger partial charge in [-0.1, -0.05) is 34.1 Å². The van der Waals surface area contributed by atoms with Gasteiger partial charge in [0.15, 0.2) is 0 Å². The molecule has 0 unspecified atom stereocenters. The molecule has 0 fully saturated rings. The van der Waals surface area contributed by atoms with Crippen molar-refractivity contribution < 1.29 is 0 Å². The topological polar surface area (TPSA) is 29.3 Å². The molecule has 0 bridgehead atoms. The average Bonchev–Trinajstić information content (AvgIpc) is 2.34. The van der Waals surface area contributed by atoms with Crippen molar-refractivity contribution >= 4 is 27.3 Å². The Morgan fingerprint density at radius 3 is 2.56 bits per heavy atom. The maximum Gasteiger partial charge on any atom is 0.0457 e. The molecule has 0 heterocycles. The fraction of sp³-hybridized carbons (Fsp3) is 0.200. The summed E-state index contributed by atoms with van der Waals surface area (Å²) < 4.78 is 1.06. The van der Waals surface area contributed by atoms with Crippen LogP contribution in [0.5, 0.6) is 0 Å². The van der Waals surface area contributed by atoms with Gasteiger partial charge in [0.05, 0.1) is 0 Å². The maximum atomic E-state index is 6.02. The Hall–Kier alpha value is -1.48. The molecule has 0 aliphatic heterocycles. The molecule has 3 heteroatoms. The van der Waals surface area contributed by atoms with Crippen LogP contribution in [0.1, 0.15) is 11.1 Å². The number of halogens is 1. The van der Waals surface area contributed by atoms with Crippen LogP contribution in [0.15, 0.2) is 46.9 Å². The number of rotatable bonds is 3. The van der Waals surface area contributed by atoms with Crippen LogP contribution in [-0.4, -0.2) is 7.05 Å². The first-order valence-electron chi connectivity index (χ1n) is 5.88. The summed E-state index contributed by atoms with van der Waals surface area (Å²) in [4.78, 5) is 2.20. The lowest BCUT2D eigenvalue weighted by molar-refractivity contribution is 0.920. The molecule has 0 amide bonds. The second kappa shape index (κ2) is 5.44. The molecule has 2 aromatic carbocycles. The van der Waals surface area contributed by atoms with Crippen molar-refractivity contribution in [2.24, 2.45) is 0 Å². The van der Waals surface area contributed by atoms with Gasteiger partial charge in [0.25, 0.3) is 0 Å². The van der Waals surface area contributed by atoms with Crippen LogP contribution in [0.25, 0.3) is 0 Å². The number of aryl methyl sites for hydroxylation is 1. The fourth-order valence-corrected chi connectivity index (χ4v) is 2.44. The molecule has 0 saturated heterocycles. The predicted octanol–water partition coefficient (Wildman–Crippen LogP) is 3.98. The predicted molar refractivity (Wildman–Crippen MR) is 81.8 cm³/mol. The van der Waals surface area contributed by atoms with Gasteiger partial charge in [-0.05, 0) is 36.8 Å². The van der Waals surface area contributed by atoms with Crippen LogP contribution in [0.2, 0.25) is 0 Å². The van der Waals surface area contributed by atoms with Gasteiger partial charge < -0.3 is 10.6 Å². The van der Waals surface area contributed by atoms with Crippen molar-refractivity contribution in [3.63, 3.8) is 0 Å². The van der Waals surface area contributed by atoms with E-state index in [-0.39, 0.29) is 0 Å². The molecule has 94 valence electrons. The van der Waals surface area contributed by atoms with Crippen molar-refractivity contribution in [3.05, 3.63) is 58.1 Å². The number of hydrogen-bond acceptors (Lipinski definition) is 2. The van der Waals surface area contributed by atoms with E-state index in [9.17, 15) is 0 Å². The summed E-state index contributed by atoms with van der Waals surface area (Å²) in [5.74, 6) is 0. The first-order valence-corrected chi connectivity index (χ1v) is 6.68. The zero-order valence-corrected chi connectivity index (χ0v) is 12.2. The van der Waals surface area contributed by atoms with Crippen LogP contribution in [0.4, 0.5) is 11.4 Å². The first-order chi connectivity index (χ1) is 8.58. The zero-order chi connectivity index (χ0) is 13.1. The molecule has 0 saturated carbocycles. The summed E-state index contributed by atoms with van der Waals surface area (Å²) in [6.07, 6.45) is 0. The van der Waals surface area contributed by atoms with E-state index in [2.05, 4.69) is 59.1 Å². The van der Waals surface area contributed by atoms with Gasteiger partial charge in [0.1, 0.15) is 0 Å². The largest absolute Gasteiger partial charge is 0.398 e. The van der Waals surface area contributed by atoms with Crippen molar-refractivity contribution in [1.82, 2.24) is 0 Å². The third-order valence-electron chi connectivity index (χ3n) is 2.99. The Labute approximate surface area is 117 Å². The third-order valence-corrected chi connectivity index (χ3v) is 3.74. The first kappa shape index (κ1) is 13.0. The SMILES string of the molecule is Cc1cccc(N(C)Cc2c(N)cccc2Br)c1. The second-order valence-corrected chi connectivity index (χ2v) is 5.36. The molecule has 0 spiro atoms. The van der Waals surface area contributed by atoms with Gasteiger partial charge >= 0.3 is 0 Å². The minimum atomic E-state index is 0.788. The number of nitrogens with two attached hydrogens (primary N) is 1. The molecule has 0 radical (unpaired) electrons. The number of hydrogen-bond donors (Lipinski definition) is 1. The highest BCUT2D eigenvalue weighted by Gasteiger charge is 2.08. The van der Waals surface area contributed by atoms with E-state index in [1.807, 2.05) is 18.2 Å². The second-order valence-electron chi connectivity index (χ2n) is 4.50. The maximum absolute atomic E-state index is 6.02. The van der Waals surface area contributed by atoms with Gasteiger partial charge in [0.2, 0.25) is 0 Å². The van der Waals surface area contributed by atoms with E-state index >= 15 is 0 Å². The highest BCUT2D eigenvalue weighted by molar-refractivity contribution is 9.10. The van der Waals surface area contributed by atoms with Crippen molar-refractivity contribution in [2.75, 3.05) is 17.7 Å². The molecular formula is C15H17BrN2. The Kier molecular flexibility index (Phi) is 3.92. The van der Waals surface area contributed by atoms with Crippen molar-refractivity contribution in [1.29, 1.82) is 0 Å². The van der Waals surface area contributed by atoms with E-state index in [1.54, 1.807) is 0 Å². The minimum Gasteiger partial charge on any atom is -0.398 e. The summed E-state index contributed by atoms with van der Waals surface area (Å²) >= 11 is 3.56. The summed E-state index contributed by atoms with van der Waals surface area (Å²) in [5.41, 5.74) is 10.4. The molecule has 2 rings (SSSR count). The molecular weight excluding hydrogens is 288 g/mol. The van der Waals surface area contributed by atoms with Gasteiger partial charge in [-0.3, -0.25) is 0 Å². The highest BCUT2D eigenvalue weighted by atomic mass is 79.9. The van der Waals surface area contributed by atoms with Crippen molar-refractivity contribution in [2.45, 2.75) is 13.5 Å². The Balaban J connectivity index is 2.24. The number of nitrogen functional groups attached to an aromatic ring is 1. The minimum absolute atomic E-state index is 0.788. The molecule has 2 N–H and O–H groups in total. The monoisotopic (exact) mass is 304 g/mol. The third kappa shape index (κ3) is 2.85. The summed E-state index contributed by atoms with van der Waals surface area (Å²) in [7, 11) is 2.08. The smallest absolute Gasteiger partial charge is 0.0457 e. The van der Waals surface area contributed by atoms with Crippen LogP contribution in [0.3, 0.4) is 0 Å². The standard InChI is InChI=1S/C15H17BrN2/c1-11-5-3-6-12(9-11)18(2)10-13-14(16)7-4-8-15(13)17/h3-9H,10,17H2,1-2H3. The number of nitrogens with zero attached hydrogens (tertiary/aromatic N) is 1. The molecule has 2 nitrogen and oxygen atoms in total. The Morgan fingerprint density at radius 1 is 1.17 bits per heavy atom. The normalized spacial score (nSPS) is 10.4. The van der Waals surface area contributed by atoms with E-state index in [1.165, 1.54) is 11.3 Å². The fourth-order valence-electron chi connectivity index (χ4n) is 1.94. The summed E-state index contributed by atoms with van der Waals surface area (Å²) in [6.45, 7) is 2.89. The highest BCUT2D eigenvalue weighted by Crippen LogP contribution is 2.26. The molecule has 0 atom stereocenters. The van der Waals surface area contributed by atoms with Crippen LogP contribution in [0, 0.1) is 6.92 Å². The number of benzene rings is 2. The molecule has 0 aromatic heterocycles. The molecule has 18 heavy (non-hydrogen) atoms. The van der Waals surface area contributed by atoms with E-state index in [0.29, 0.717) is 0 Å². The average molecular weight is 305 g/mol. The van der Waals surface area contributed by atoms with Crippen molar-refractivity contribution in [3.8, 4) is 0 Å². The van der Waals surface area contributed by atoms with Gasteiger partial charge in [-0.2, -0.15) is 0 Å². The lowest BCUT2D eigenvalue weighted by Gasteiger charge is -2.21. The Bertz CT molecular complexity index is 532. The lowest BCUT2D eigenvalue weighted by Crippen LogP contribution is -2.17. The summed E-state index contributed by atoms with van der Waals surface area (Å²) in [5, 5.41) is 0. The lowest BCUT2D eigenvalue weighted by atomic mass is 10.1. The van der Waals surface area contributed by atoms with Crippen LogP contribution < -0.4 is 10.6 Å². The van der Waals surface area contributed by atoms with Gasteiger partial charge in [-0.25, -0.2) is 0 Å². The van der Waals surface area contributed by atoms with E-state index < -0.39 is 0 Å². The molecule has 0 aliphatic carbocycles. The van der Waals surface area contributed by atoms with E-state index in [0.717, 1.165) is 22.3 Å². The van der Waals surface area contributed by atoms with Gasteiger partial charge in [-0.15, -0.1) is 0 Å². The summed E-state index contributed by atoms with van der Waals surface area (Å²) in [6, 6.07) is 14.4. The van der Waals surface area contributed by atoms with Crippen LogP contribution >= 0.6 is 15.9 Å². The Morgan fingerprint density at radius 2 is 1.89 bits per heavy atom. The molecule has 0 aliphatic rings. The zero-order valence-electron chi connectivity index (χ0n) is 10.7. The quantitative estimate of drug-likeness (QED) is 0.869. The van der Waals surface area contributed by atoms with Gasteiger partial charge in [0, 0.05) is 35.0 Å².